The number of aliphatic hydroxyl groups excluding tert-OH is 1. The molecule has 0 aromatic heterocycles. The fourth-order valence-corrected chi connectivity index (χ4v) is 1.55. The van der Waals surface area contributed by atoms with Gasteiger partial charge in [0.1, 0.15) is 0 Å². The zero-order chi connectivity index (χ0) is 8.97. The van der Waals surface area contributed by atoms with Crippen molar-refractivity contribution in [2.75, 3.05) is 26.7 Å². The van der Waals surface area contributed by atoms with Crippen LogP contribution in [0.5, 0.6) is 0 Å². The highest BCUT2D eigenvalue weighted by Crippen LogP contribution is 2.07. The lowest BCUT2D eigenvalue weighted by molar-refractivity contribution is 0.171. The van der Waals surface area contributed by atoms with E-state index in [-0.39, 0.29) is 6.10 Å². The first kappa shape index (κ1) is 9.96. The molecule has 0 unspecified atom stereocenters. The van der Waals surface area contributed by atoms with Gasteiger partial charge in [0.2, 0.25) is 0 Å². The molecule has 1 atom stereocenters. The van der Waals surface area contributed by atoms with Gasteiger partial charge in [-0.05, 0) is 39.9 Å². The first-order chi connectivity index (χ1) is 5.68. The molecular weight excluding hydrogens is 152 g/mol. The summed E-state index contributed by atoms with van der Waals surface area (Å²) in [6.45, 7) is 4.91. The van der Waals surface area contributed by atoms with Gasteiger partial charge in [-0.2, -0.15) is 0 Å². The van der Waals surface area contributed by atoms with Crippen molar-refractivity contribution in [2.45, 2.75) is 31.9 Å². The number of likely N-dealkylation sites (tertiary alicyclic amines) is 1. The molecular formula is C9H20N2O. The largest absolute Gasteiger partial charge is 0.392 e. The summed E-state index contributed by atoms with van der Waals surface area (Å²) in [5.74, 6) is 0. The predicted molar refractivity (Wildman–Crippen MR) is 50.2 cm³/mol. The van der Waals surface area contributed by atoms with Crippen molar-refractivity contribution in [2.24, 2.45) is 0 Å². The van der Waals surface area contributed by atoms with Crippen LogP contribution in [0.2, 0.25) is 0 Å². The third-order valence-electron chi connectivity index (χ3n) is 2.42. The Bertz CT molecular complexity index is 120. The standard InChI is InChI=1S/C9H20N2O/c1-8(12)7-10-9-3-5-11(2)6-4-9/h8-10,12H,3-7H2,1-2H3/t8-/m1/s1. The first-order valence-electron chi connectivity index (χ1n) is 4.78. The van der Waals surface area contributed by atoms with Crippen LogP contribution in [-0.2, 0) is 0 Å². The molecule has 0 amide bonds. The van der Waals surface area contributed by atoms with Gasteiger partial charge in [0.25, 0.3) is 0 Å². The van der Waals surface area contributed by atoms with Gasteiger partial charge < -0.3 is 15.3 Å². The summed E-state index contributed by atoms with van der Waals surface area (Å²) in [4.78, 5) is 2.35. The monoisotopic (exact) mass is 172 g/mol. The summed E-state index contributed by atoms with van der Waals surface area (Å²) >= 11 is 0. The molecule has 0 bridgehead atoms. The van der Waals surface area contributed by atoms with Crippen LogP contribution in [0.3, 0.4) is 0 Å². The maximum absolute atomic E-state index is 9.06. The third kappa shape index (κ3) is 3.52. The van der Waals surface area contributed by atoms with E-state index in [1.165, 1.54) is 25.9 Å². The fraction of sp³-hybridized carbons (Fsp3) is 1.00. The van der Waals surface area contributed by atoms with Gasteiger partial charge >= 0.3 is 0 Å². The average molecular weight is 172 g/mol. The molecule has 1 aliphatic rings. The smallest absolute Gasteiger partial charge is 0.0636 e. The van der Waals surface area contributed by atoms with Crippen molar-refractivity contribution >= 4 is 0 Å². The highest BCUT2D eigenvalue weighted by molar-refractivity contribution is 4.75. The van der Waals surface area contributed by atoms with Crippen LogP contribution >= 0.6 is 0 Å². The lowest BCUT2D eigenvalue weighted by Gasteiger charge is -2.29. The van der Waals surface area contributed by atoms with E-state index in [0.29, 0.717) is 6.04 Å². The SMILES string of the molecule is C[C@@H](O)CNC1CCN(C)CC1. The second-order valence-electron chi connectivity index (χ2n) is 3.83. The zero-order valence-electron chi connectivity index (χ0n) is 8.08. The number of aliphatic hydroxyl groups is 1. The Kier molecular flexibility index (Phi) is 3.98. The third-order valence-corrected chi connectivity index (χ3v) is 2.42. The molecule has 0 saturated carbocycles. The Morgan fingerprint density at radius 2 is 2.08 bits per heavy atom. The maximum atomic E-state index is 9.06. The predicted octanol–water partition coefficient (Wildman–Crippen LogP) is 0.0510. The molecule has 0 aromatic carbocycles. The Labute approximate surface area is 74.8 Å². The van der Waals surface area contributed by atoms with E-state index in [0.717, 1.165) is 6.54 Å². The second kappa shape index (κ2) is 4.80. The molecule has 0 aromatic rings. The van der Waals surface area contributed by atoms with E-state index < -0.39 is 0 Å². The van der Waals surface area contributed by atoms with Crippen molar-refractivity contribution in [3.8, 4) is 0 Å². The molecule has 72 valence electrons. The molecule has 1 saturated heterocycles. The van der Waals surface area contributed by atoms with Crippen LogP contribution in [0.15, 0.2) is 0 Å². The van der Waals surface area contributed by atoms with E-state index in [4.69, 9.17) is 5.11 Å². The molecule has 1 heterocycles. The van der Waals surface area contributed by atoms with E-state index in [1.807, 2.05) is 6.92 Å². The van der Waals surface area contributed by atoms with Crippen LogP contribution in [0.1, 0.15) is 19.8 Å². The van der Waals surface area contributed by atoms with Gasteiger partial charge in [-0.3, -0.25) is 0 Å². The Balaban J connectivity index is 2.09. The van der Waals surface area contributed by atoms with E-state index in [2.05, 4.69) is 17.3 Å². The first-order valence-corrected chi connectivity index (χ1v) is 4.78. The van der Waals surface area contributed by atoms with Crippen LogP contribution in [0, 0.1) is 0 Å². The second-order valence-corrected chi connectivity index (χ2v) is 3.83. The number of nitrogens with zero attached hydrogens (tertiary/aromatic N) is 1. The van der Waals surface area contributed by atoms with E-state index >= 15 is 0 Å². The Hall–Kier alpha value is -0.120. The molecule has 0 radical (unpaired) electrons. The maximum Gasteiger partial charge on any atom is 0.0636 e. The number of hydrogen-bond donors (Lipinski definition) is 2. The highest BCUT2D eigenvalue weighted by Gasteiger charge is 2.15. The molecule has 1 fully saturated rings. The number of nitrogens with one attached hydrogen (secondary N) is 1. The molecule has 3 nitrogen and oxygen atoms in total. The topological polar surface area (TPSA) is 35.5 Å². The summed E-state index contributed by atoms with van der Waals surface area (Å²) in [7, 11) is 2.16. The van der Waals surface area contributed by atoms with Gasteiger partial charge in [-0.1, -0.05) is 0 Å². The number of hydrogen-bond acceptors (Lipinski definition) is 3. The summed E-state index contributed by atoms with van der Waals surface area (Å²) in [5.41, 5.74) is 0. The molecule has 0 aliphatic carbocycles. The van der Waals surface area contributed by atoms with Gasteiger partial charge in [-0.15, -0.1) is 0 Å². The number of piperidine rings is 1. The summed E-state index contributed by atoms with van der Waals surface area (Å²) in [6.07, 6.45) is 2.21. The number of rotatable bonds is 3. The van der Waals surface area contributed by atoms with Gasteiger partial charge in [-0.25, -0.2) is 0 Å². The van der Waals surface area contributed by atoms with Gasteiger partial charge in [0, 0.05) is 12.6 Å². The van der Waals surface area contributed by atoms with Crippen LogP contribution < -0.4 is 5.32 Å². The molecule has 1 rings (SSSR count). The fourth-order valence-electron chi connectivity index (χ4n) is 1.55. The van der Waals surface area contributed by atoms with E-state index in [1.54, 1.807) is 0 Å². The molecule has 0 spiro atoms. The van der Waals surface area contributed by atoms with Gasteiger partial charge in [0.15, 0.2) is 0 Å². The van der Waals surface area contributed by atoms with E-state index in [9.17, 15) is 0 Å². The van der Waals surface area contributed by atoms with Crippen molar-refractivity contribution in [3.05, 3.63) is 0 Å². The Morgan fingerprint density at radius 3 is 2.58 bits per heavy atom. The van der Waals surface area contributed by atoms with Gasteiger partial charge in [0.05, 0.1) is 6.10 Å². The highest BCUT2D eigenvalue weighted by atomic mass is 16.3. The normalized spacial score (nSPS) is 24.2. The summed E-state index contributed by atoms with van der Waals surface area (Å²) in [6, 6.07) is 0.621. The minimum atomic E-state index is -0.218. The van der Waals surface area contributed by atoms with Crippen molar-refractivity contribution in [1.82, 2.24) is 10.2 Å². The van der Waals surface area contributed by atoms with Crippen molar-refractivity contribution in [1.29, 1.82) is 0 Å². The minimum Gasteiger partial charge on any atom is -0.392 e. The zero-order valence-corrected chi connectivity index (χ0v) is 8.08. The van der Waals surface area contributed by atoms with Crippen molar-refractivity contribution in [3.63, 3.8) is 0 Å². The molecule has 3 heteroatoms. The molecule has 1 aliphatic heterocycles. The van der Waals surface area contributed by atoms with Crippen LogP contribution in [-0.4, -0.2) is 48.8 Å². The lowest BCUT2D eigenvalue weighted by atomic mass is 10.1. The van der Waals surface area contributed by atoms with Crippen LogP contribution in [0.4, 0.5) is 0 Å². The van der Waals surface area contributed by atoms with Crippen molar-refractivity contribution < 1.29 is 5.11 Å². The Morgan fingerprint density at radius 1 is 1.50 bits per heavy atom. The molecule has 12 heavy (non-hydrogen) atoms. The lowest BCUT2D eigenvalue weighted by Crippen LogP contribution is -2.42. The summed E-state index contributed by atoms with van der Waals surface area (Å²) in [5, 5.41) is 12.4. The molecule has 2 N–H and O–H groups in total. The quantitative estimate of drug-likeness (QED) is 0.631. The minimum absolute atomic E-state index is 0.218. The summed E-state index contributed by atoms with van der Waals surface area (Å²) < 4.78 is 0. The average Bonchev–Trinajstić information content (AvgIpc) is 2.03. The van der Waals surface area contributed by atoms with Crippen LogP contribution in [0.25, 0.3) is 0 Å².